The van der Waals surface area contributed by atoms with Gasteiger partial charge in [0.15, 0.2) is 0 Å². The molecule has 17 heavy (non-hydrogen) atoms. The summed E-state index contributed by atoms with van der Waals surface area (Å²) in [5.74, 6) is 0. The third-order valence-electron chi connectivity index (χ3n) is 2.36. The second kappa shape index (κ2) is 3.71. The van der Waals surface area contributed by atoms with E-state index in [0.717, 1.165) is 11.4 Å². The first kappa shape index (κ1) is 9.52. The minimum absolute atomic E-state index is 0.265. The molecule has 0 amide bonds. The van der Waals surface area contributed by atoms with E-state index in [4.69, 9.17) is 0 Å². The molecule has 0 fully saturated rings. The van der Waals surface area contributed by atoms with Gasteiger partial charge in [-0.3, -0.25) is 0 Å². The Balaban J connectivity index is 2.01. The number of nitrogens with zero attached hydrogens (tertiary/aromatic N) is 5. The molecule has 3 aromatic rings. The van der Waals surface area contributed by atoms with Crippen LogP contribution in [0.2, 0.25) is 0 Å². The van der Waals surface area contributed by atoms with Crippen molar-refractivity contribution >= 4 is 0 Å². The van der Waals surface area contributed by atoms with E-state index in [1.165, 1.54) is 17.2 Å². The van der Waals surface area contributed by atoms with Crippen LogP contribution in [0.3, 0.4) is 0 Å². The molecule has 1 N–H and O–H groups in total. The van der Waals surface area contributed by atoms with Gasteiger partial charge in [0, 0.05) is 0 Å². The van der Waals surface area contributed by atoms with Crippen LogP contribution in [0.15, 0.2) is 48.0 Å². The van der Waals surface area contributed by atoms with Crippen LogP contribution >= 0.6 is 0 Å². The average molecular weight is 228 g/mol. The zero-order valence-electron chi connectivity index (χ0n) is 8.69. The van der Waals surface area contributed by atoms with E-state index in [0.29, 0.717) is 0 Å². The van der Waals surface area contributed by atoms with Crippen LogP contribution in [0.1, 0.15) is 0 Å². The largest absolute Gasteiger partial charge is 0.347 e. The molecule has 0 aliphatic rings. The van der Waals surface area contributed by atoms with Crippen molar-refractivity contribution in [2.75, 3.05) is 0 Å². The molecule has 0 radical (unpaired) electrons. The molecule has 0 bridgehead atoms. The number of rotatable bonds is 2. The van der Waals surface area contributed by atoms with E-state index < -0.39 is 0 Å². The number of nitrogens with one attached hydrogen (secondary N) is 1. The van der Waals surface area contributed by atoms with Gasteiger partial charge >= 0.3 is 5.69 Å². The number of aromatic nitrogens is 6. The van der Waals surface area contributed by atoms with Gasteiger partial charge in [-0.15, -0.1) is 0 Å². The van der Waals surface area contributed by atoms with Crippen molar-refractivity contribution in [1.29, 1.82) is 0 Å². The molecule has 7 heteroatoms. The van der Waals surface area contributed by atoms with E-state index in [9.17, 15) is 4.79 Å². The third kappa shape index (κ3) is 1.63. The average Bonchev–Trinajstić information content (AvgIpc) is 3.00. The molecule has 0 aliphatic heterocycles. The van der Waals surface area contributed by atoms with Gasteiger partial charge < -0.3 is 0 Å². The Kier molecular flexibility index (Phi) is 2.08. The smallest absolute Gasteiger partial charge is 0.250 e. The standard InChI is InChI=1S/C10H8N6O/c17-10-14-12-7-15(10)8-1-3-9(4-2-8)16-6-11-5-13-16/h1-7H,(H,14,17). The molecule has 0 spiro atoms. The maximum Gasteiger partial charge on any atom is 0.347 e. The van der Waals surface area contributed by atoms with Crippen LogP contribution in [0, 0.1) is 0 Å². The van der Waals surface area contributed by atoms with Crippen molar-refractivity contribution in [3.8, 4) is 11.4 Å². The maximum absolute atomic E-state index is 11.4. The summed E-state index contributed by atoms with van der Waals surface area (Å²) < 4.78 is 3.06. The molecule has 1 aromatic carbocycles. The molecular formula is C10H8N6O. The lowest BCUT2D eigenvalue weighted by Crippen LogP contribution is -2.13. The second-order valence-electron chi connectivity index (χ2n) is 3.39. The van der Waals surface area contributed by atoms with Crippen molar-refractivity contribution < 1.29 is 0 Å². The van der Waals surface area contributed by atoms with E-state index in [1.807, 2.05) is 24.3 Å². The maximum atomic E-state index is 11.4. The monoisotopic (exact) mass is 228 g/mol. The SMILES string of the molecule is O=c1[nH]ncn1-c1ccc(-n2cncn2)cc1. The van der Waals surface area contributed by atoms with Gasteiger partial charge in [-0.2, -0.15) is 10.2 Å². The molecule has 84 valence electrons. The number of hydrogen-bond donors (Lipinski definition) is 1. The Morgan fingerprint density at radius 1 is 1.06 bits per heavy atom. The summed E-state index contributed by atoms with van der Waals surface area (Å²) in [7, 11) is 0. The van der Waals surface area contributed by atoms with Gasteiger partial charge in [0.05, 0.1) is 11.4 Å². The van der Waals surface area contributed by atoms with E-state index in [-0.39, 0.29) is 5.69 Å². The minimum atomic E-state index is -0.265. The highest BCUT2D eigenvalue weighted by molar-refractivity contribution is 5.40. The van der Waals surface area contributed by atoms with Crippen molar-refractivity contribution in [3.63, 3.8) is 0 Å². The van der Waals surface area contributed by atoms with E-state index in [2.05, 4.69) is 20.3 Å². The molecule has 7 nitrogen and oxygen atoms in total. The molecule has 2 aromatic heterocycles. The molecule has 2 heterocycles. The summed E-state index contributed by atoms with van der Waals surface area (Å²) in [5, 5.41) is 10.0. The molecular weight excluding hydrogens is 220 g/mol. The van der Waals surface area contributed by atoms with Crippen LogP contribution in [0.25, 0.3) is 11.4 Å². The van der Waals surface area contributed by atoms with Crippen LogP contribution < -0.4 is 5.69 Å². The fraction of sp³-hybridized carbons (Fsp3) is 0. The second-order valence-corrected chi connectivity index (χ2v) is 3.39. The molecule has 0 aliphatic carbocycles. The predicted octanol–water partition coefficient (Wildman–Crippen LogP) is 0.141. The van der Waals surface area contributed by atoms with Gasteiger partial charge in [-0.1, -0.05) is 0 Å². The first-order valence-corrected chi connectivity index (χ1v) is 4.92. The Labute approximate surface area is 95.4 Å². The summed E-state index contributed by atoms with van der Waals surface area (Å²) in [6, 6.07) is 7.33. The highest BCUT2D eigenvalue weighted by Gasteiger charge is 2.01. The summed E-state index contributed by atoms with van der Waals surface area (Å²) in [6.07, 6.45) is 4.51. The van der Waals surface area contributed by atoms with Crippen LogP contribution in [0.5, 0.6) is 0 Å². The van der Waals surface area contributed by atoms with Crippen molar-refractivity contribution in [3.05, 3.63) is 53.7 Å². The predicted molar refractivity (Wildman–Crippen MR) is 59.1 cm³/mol. The Bertz CT molecular complexity index is 663. The Hall–Kier alpha value is -2.70. The summed E-state index contributed by atoms with van der Waals surface area (Å²) in [6.45, 7) is 0. The Morgan fingerprint density at radius 3 is 2.41 bits per heavy atom. The molecule has 3 rings (SSSR count). The van der Waals surface area contributed by atoms with Crippen LogP contribution in [-0.2, 0) is 0 Å². The van der Waals surface area contributed by atoms with E-state index in [1.54, 1.807) is 11.0 Å². The molecule has 0 unspecified atom stereocenters. The fourth-order valence-electron chi connectivity index (χ4n) is 1.54. The summed E-state index contributed by atoms with van der Waals surface area (Å²) in [5.41, 5.74) is 1.36. The minimum Gasteiger partial charge on any atom is -0.250 e. The van der Waals surface area contributed by atoms with Crippen LogP contribution in [-0.4, -0.2) is 29.5 Å². The fourth-order valence-corrected chi connectivity index (χ4v) is 1.54. The highest BCUT2D eigenvalue weighted by Crippen LogP contribution is 2.09. The Morgan fingerprint density at radius 2 is 1.82 bits per heavy atom. The highest BCUT2D eigenvalue weighted by atomic mass is 16.1. The lowest BCUT2D eigenvalue weighted by molar-refractivity contribution is 0.876. The molecule has 0 saturated heterocycles. The van der Waals surface area contributed by atoms with Crippen molar-refractivity contribution in [1.82, 2.24) is 29.5 Å². The van der Waals surface area contributed by atoms with Gasteiger partial charge in [0.1, 0.15) is 19.0 Å². The number of H-pyrrole nitrogens is 1. The lowest BCUT2D eigenvalue weighted by atomic mass is 10.3. The zero-order chi connectivity index (χ0) is 11.7. The lowest BCUT2D eigenvalue weighted by Gasteiger charge is -2.02. The van der Waals surface area contributed by atoms with Crippen molar-refractivity contribution in [2.45, 2.75) is 0 Å². The topological polar surface area (TPSA) is 81.4 Å². The molecule has 0 atom stereocenters. The number of hydrogen-bond acceptors (Lipinski definition) is 4. The van der Waals surface area contributed by atoms with Crippen LogP contribution in [0.4, 0.5) is 0 Å². The van der Waals surface area contributed by atoms with E-state index >= 15 is 0 Å². The number of aromatic amines is 1. The first-order chi connectivity index (χ1) is 8.34. The van der Waals surface area contributed by atoms with Gasteiger partial charge in [-0.25, -0.2) is 24.1 Å². The van der Waals surface area contributed by atoms with Crippen molar-refractivity contribution in [2.24, 2.45) is 0 Å². The summed E-state index contributed by atoms with van der Waals surface area (Å²) in [4.78, 5) is 15.2. The van der Waals surface area contributed by atoms with Gasteiger partial charge in [0.25, 0.3) is 0 Å². The summed E-state index contributed by atoms with van der Waals surface area (Å²) >= 11 is 0. The van der Waals surface area contributed by atoms with Gasteiger partial charge in [0.2, 0.25) is 0 Å². The zero-order valence-corrected chi connectivity index (χ0v) is 8.69. The number of benzene rings is 1. The normalized spacial score (nSPS) is 10.6. The quantitative estimate of drug-likeness (QED) is 0.676. The molecule has 0 saturated carbocycles. The third-order valence-corrected chi connectivity index (χ3v) is 2.36. The van der Waals surface area contributed by atoms with Gasteiger partial charge in [-0.05, 0) is 24.3 Å². The first-order valence-electron chi connectivity index (χ1n) is 4.92.